The molecular weight excluding hydrogens is 298 g/mol. The Hall–Kier alpha value is -0.960. The summed E-state index contributed by atoms with van der Waals surface area (Å²) in [5, 5.41) is 0.785. The van der Waals surface area contributed by atoms with E-state index in [1.54, 1.807) is 0 Å². The van der Waals surface area contributed by atoms with Crippen molar-refractivity contribution in [2.45, 2.75) is 31.6 Å². The molecule has 2 N–H and O–H groups in total. The SMILES string of the molecule is CCCc1ccc(C(N)CSCc2ccc(Cl)cc2)cc1. The van der Waals surface area contributed by atoms with E-state index in [1.165, 1.54) is 23.1 Å². The van der Waals surface area contributed by atoms with Crippen molar-refractivity contribution in [3.05, 3.63) is 70.2 Å². The minimum atomic E-state index is 0.0953. The quantitative estimate of drug-likeness (QED) is 0.756. The van der Waals surface area contributed by atoms with Crippen molar-refractivity contribution in [2.24, 2.45) is 5.73 Å². The second-order valence-corrected chi connectivity index (χ2v) is 6.71. The van der Waals surface area contributed by atoms with Crippen LogP contribution in [0.25, 0.3) is 0 Å². The Morgan fingerprint density at radius 3 is 2.24 bits per heavy atom. The van der Waals surface area contributed by atoms with Crippen LogP contribution in [0.15, 0.2) is 48.5 Å². The van der Waals surface area contributed by atoms with Crippen molar-refractivity contribution in [3.8, 4) is 0 Å². The Balaban J connectivity index is 1.81. The fraction of sp³-hybridized carbons (Fsp3) is 0.333. The smallest absolute Gasteiger partial charge is 0.0406 e. The van der Waals surface area contributed by atoms with Crippen LogP contribution in [0.3, 0.4) is 0 Å². The van der Waals surface area contributed by atoms with Crippen LogP contribution in [0.4, 0.5) is 0 Å². The zero-order valence-corrected chi connectivity index (χ0v) is 14.0. The van der Waals surface area contributed by atoms with E-state index in [1.807, 2.05) is 23.9 Å². The van der Waals surface area contributed by atoms with Crippen LogP contribution in [-0.4, -0.2) is 5.75 Å². The minimum absolute atomic E-state index is 0.0953. The minimum Gasteiger partial charge on any atom is -0.323 e. The predicted octanol–water partition coefficient (Wildman–Crippen LogP) is 5.23. The summed E-state index contributed by atoms with van der Waals surface area (Å²) in [5.41, 5.74) is 10.2. The summed E-state index contributed by atoms with van der Waals surface area (Å²) in [5.74, 6) is 1.90. The second kappa shape index (κ2) is 8.47. The van der Waals surface area contributed by atoms with Gasteiger partial charge in [-0.25, -0.2) is 0 Å². The Bertz CT molecular complexity index is 536. The molecule has 1 nitrogen and oxygen atoms in total. The molecule has 2 aromatic carbocycles. The molecule has 0 spiro atoms. The van der Waals surface area contributed by atoms with Gasteiger partial charge in [-0.15, -0.1) is 0 Å². The third kappa shape index (κ3) is 5.39. The number of aryl methyl sites for hydroxylation is 1. The van der Waals surface area contributed by atoms with Gasteiger partial charge in [-0.3, -0.25) is 0 Å². The van der Waals surface area contributed by atoms with E-state index in [9.17, 15) is 0 Å². The highest BCUT2D eigenvalue weighted by atomic mass is 35.5. The lowest BCUT2D eigenvalue weighted by atomic mass is 10.0. The summed E-state index contributed by atoms with van der Waals surface area (Å²) in [4.78, 5) is 0. The molecule has 0 fully saturated rings. The van der Waals surface area contributed by atoms with E-state index in [0.717, 1.165) is 22.9 Å². The Labute approximate surface area is 136 Å². The third-order valence-corrected chi connectivity index (χ3v) is 4.81. The molecule has 21 heavy (non-hydrogen) atoms. The maximum atomic E-state index is 6.27. The molecule has 0 saturated carbocycles. The molecule has 0 aliphatic heterocycles. The molecular formula is C18H22ClNS. The van der Waals surface area contributed by atoms with Crippen molar-refractivity contribution in [2.75, 3.05) is 5.75 Å². The first-order valence-electron chi connectivity index (χ1n) is 7.35. The lowest BCUT2D eigenvalue weighted by molar-refractivity contribution is 0.828. The molecule has 1 atom stereocenters. The van der Waals surface area contributed by atoms with Gasteiger partial charge in [0.1, 0.15) is 0 Å². The molecule has 1 unspecified atom stereocenters. The number of thioether (sulfide) groups is 1. The number of hydrogen-bond donors (Lipinski definition) is 1. The van der Waals surface area contributed by atoms with Gasteiger partial charge in [0.05, 0.1) is 0 Å². The van der Waals surface area contributed by atoms with Crippen LogP contribution in [0, 0.1) is 0 Å². The lowest BCUT2D eigenvalue weighted by Gasteiger charge is -2.12. The van der Waals surface area contributed by atoms with Crippen LogP contribution in [-0.2, 0) is 12.2 Å². The summed E-state index contributed by atoms with van der Waals surface area (Å²) in [7, 11) is 0. The van der Waals surface area contributed by atoms with E-state index >= 15 is 0 Å². The van der Waals surface area contributed by atoms with Crippen molar-refractivity contribution < 1.29 is 0 Å². The molecule has 0 aliphatic rings. The van der Waals surface area contributed by atoms with E-state index in [-0.39, 0.29) is 6.04 Å². The molecule has 0 amide bonds. The molecule has 0 bridgehead atoms. The molecule has 0 saturated heterocycles. The number of hydrogen-bond acceptors (Lipinski definition) is 2. The zero-order chi connectivity index (χ0) is 15.1. The molecule has 0 radical (unpaired) electrons. The number of benzene rings is 2. The van der Waals surface area contributed by atoms with Crippen molar-refractivity contribution in [1.82, 2.24) is 0 Å². The maximum Gasteiger partial charge on any atom is 0.0406 e. The fourth-order valence-corrected chi connectivity index (χ4v) is 3.32. The molecule has 112 valence electrons. The van der Waals surface area contributed by atoms with Crippen molar-refractivity contribution >= 4 is 23.4 Å². The molecule has 0 aliphatic carbocycles. The van der Waals surface area contributed by atoms with Gasteiger partial charge in [0.25, 0.3) is 0 Å². The van der Waals surface area contributed by atoms with Crippen LogP contribution in [0.1, 0.15) is 36.1 Å². The van der Waals surface area contributed by atoms with Gasteiger partial charge in [-0.05, 0) is 35.2 Å². The number of rotatable bonds is 7. The number of halogens is 1. The van der Waals surface area contributed by atoms with E-state index in [2.05, 4.69) is 43.3 Å². The Kier molecular flexibility index (Phi) is 6.62. The van der Waals surface area contributed by atoms with Gasteiger partial charge in [0.2, 0.25) is 0 Å². The first kappa shape index (κ1) is 16.4. The van der Waals surface area contributed by atoms with Gasteiger partial charge in [0.15, 0.2) is 0 Å². The first-order valence-corrected chi connectivity index (χ1v) is 8.89. The summed E-state index contributed by atoms with van der Waals surface area (Å²) < 4.78 is 0. The predicted molar refractivity (Wildman–Crippen MR) is 95.0 cm³/mol. The normalized spacial score (nSPS) is 12.3. The van der Waals surface area contributed by atoms with E-state index < -0.39 is 0 Å². The van der Waals surface area contributed by atoms with E-state index in [0.29, 0.717) is 0 Å². The van der Waals surface area contributed by atoms with Crippen LogP contribution < -0.4 is 5.73 Å². The van der Waals surface area contributed by atoms with Gasteiger partial charge >= 0.3 is 0 Å². The second-order valence-electron chi connectivity index (χ2n) is 5.24. The standard InChI is InChI=1S/C18H22ClNS/c1-2-3-14-4-8-16(9-5-14)18(20)13-21-12-15-6-10-17(19)11-7-15/h4-11,18H,2-3,12-13,20H2,1H3. The Morgan fingerprint density at radius 1 is 1.00 bits per heavy atom. The third-order valence-electron chi connectivity index (χ3n) is 3.43. The average molecular weight is 320 g/mol. The lowest BCUT2D eigenvalue weighted by Crippen LogP contribution is -2.13. The maximum absolute atomic E-state index is 6.27. The summed E-state index contributed by atoms with van der Waals surface area (Å²) >= 11 is 7.75. The Morgan fingerprint density at radius 2 is 1.62 bits per heavy atom. The van der Waals surface area contributed by atoms with Crippen molar-refractivity contribution in [3.63, 3.8) is 0 Å². The number of nitrogens with two attached hydrogens (primary N) is 1. The molecule has 0 aromatic heterocycles. The molecule has 2 aromatic rings. The highest BCUT2D eigenvalue weighted by Crippen LogP contribution is 2.21. The fourth-order valence-electron chi connectivity index (χ4n) is 2.20. The van der Waals surface area contributed by atoms with Crippen LogP contribution in [0.5, 0.6) is 0 Å². The summed E-state index contributed by atoms with van der Waals surface area (Å²) in [6, 6.07) is 16.8. The van der Waals surface area contributed by atoms with Crippen molar-refractivity contribution in [1.29, 1.82) is 0 Å². The molecule has 2 rings (SSSR count). The largest absolute Gasteiger partial charge is 0.323 e. The highest BCUT2D eigenvalue weighted by Gasteiger charge is 2.06. The van der Waals surface area contributed by atoms with Gasteiger partial charge < -0.3 is 5.73 Å². The monoisotopic (exact) mass is 319 g/mol. The van der Waals surface area contributed by atoms with Gasteiger partial charge in [0, 0.05) is 22.6 Å². The zero-order valence-electron chi connectivity index (χ0n) is 12.4. The summed E-state index contributed by atoms with van der Waals surface area (Å²) in [6.07, 6.45) is 2.32. The van der Waals surface area contributed by atoms with Gasteiger partial charge in [-0.1, -0.05) is 61.3 Å². The first-order chi connectivity index (χ1) is 10.2. The summed E-state index contributed by atoms with van der Waals surface area (Å²) in [6.45, 7) is 2.20. The topological polar surface area (TPSA) is 26.0 Å². The molecule has 3 heteroatoms. The van der Waals surface area contributed by atoms with Gasteiger partial charge in [-0.2, -0.15) is 11.8 Å². The average Bonchev–Trinajstić information content (AvgIpc) is 2.50. The van der Waals surface area contributed by atoms with Crippen LogP contribution >= 0.6 is 23.4 Å². The van der Waals surface area contributed by atoms with Crippen LogP contribution in [0.2, 0.25) is 5.02 Å². The molecule has 0 heterocycles. The highest BCUT2D eigenvalue weighted by molar-refractivity contribution is 7.98. The van der Waals surface area contributed by atoms with E-state index in [4.69, 9.17) is 17.3 Å².